The largest absolute Gasteiger partial charge is 0.455 e. The molecular weight excluding hydrogens is 729 g/mol. The minimum Gasteiger partial charge on any atom is -0.455 e. The van der Waals surface area contributed by atoms with Gasteiger partial charge in [-0.1, -0.05) is 158 Å². The van der Waals surface area contributed by atoms with E-state index in [1.165, 1.54) is 66.8 Å². The number of benzene rings is 8. The molecule has 2 aliphatic rings. The number of aromatic nitrogens is 2. The van der Waals surface area contributed by atoms with Crippen molar-refractivity contribution >= 4 is 21.9 Å². The van der Waals surface area contributed by atoms with Crippen molar-refractivity contribution in [3.8, 4) is 106 Å². The van der Waals surface area contributed by atoms with Crippen LogP contribution in [0, 0.1) is 0 Å². The van der Waals surface area contributed by atoms with Crippen LogP contribution in [0.15, 0.2) is 211 Å². The van der Waals surface area contributed by atoms with E-state index in [2.05, 4.69) is 199 Å². The molecule has 278 valence electrons. The summed E-state index contributed by atoms with van der Waals surface area (Å²) in [6, 6.07) is 70.6. The first kappa shape index (κ1) is 33.0. The van der Waals surface area contributed by atoms with E-state index < -0.39 is 0 Å². The van der Waals surface area contributed by atoms with Crippen molar-refractivity contribution < 1.29 is 4.42 Å². The molecule has 0 saturated heterocycles. The van der Waals surface area contributed by atoms with Gasteiger partial charge in [0.1, 0.15) is 11.2 Å². The number of pyridine rings is 1. The lowest BCUT2D eigenvalue weighted by atomic mass is 9.80. The lowest BCUT2D eigenvalue weighted by Gasteiger charge is -2.25. The van der Waals surface area contributed by atoms with Crippen LogP contribution in [0.2, 0.25) is 0 Å². The Balaban J connectivity index is 1.05. The Labute approximate surface area is 347 Å². The number of fused-ring (bicyclic) bond motifs is 19. The van der Waals surface area contributed by atoms with Gasteiger partial charge in [0.2, 0.25) is 0 Å². The van der Waals surface area contributed by atoms with Crippen molar-refractivity contribution in [3.05, 3.63) is 207 Å². The predicted octanol–water partition coefficient (Wildman–Crippen LogP) is 15.4. The molecule has 0 unspecified atom stereocenters. The van der Waals surface area contributed by atoms with Crippen LogP contribution in [-0.4, -0.2) is 9.55 Å². The smallest absolute Gasteiger partial charge is 0.143 e. The molecule has 3 nitrogen and oxygen atoms in total. The number of furan rings is 1. The Hall–Kier alpha value is -8.01. The molecule has 0 amide bonds. The molecule has 8 aromatic carbocycles. The Morgan fingerprint density at radius 2 is 0.883 bits per heavy atom. The molecule has 2 aliphatic carbocycles. The van der Waals surface area contributed by atoms with Crippen LogP contribution in [0.5, 0.6) is 0 Å². The summed E-state index contributed by atoms with van der Waals surface area (Å²) in [5.41, 5.74) is 23.9. The van der Waals surface area contributed by atoms with Gasteiger partial charge in [-0.15, -0.1) is 0 Å². The quantitative estimate of drug-likeness (QED) is 0.176. The maximum Gasteiger partial charge on any atom is 0.143 e. The highest BCUT2D eigenvalue weighted by Gasteiger charge is 2.27. The summed E-state index contributed by atoms with van der Waals surface area (Å²) in [5.74, 6) is 0. The fraction of sp³-hybridized carbons (Fsp3) is 0. The normalized spacial score (nSPS) is 12.0. The molecule has 0 radical (unpaired) electrons. The molecular formula is C57H34N2O. The molecule has 60 heavy (non-hydrogen) atoms. The van der Waals surface area contributed by atoms with Crippen molar-refractivity contribution in [2.75, 3.05) is 0 Å². The Bertz CT molecular complexity index is 3560. The van der Waals surface area contributed by atoms with E-state index >= 15 is 0 Å². The molecule has 11 aromatic rings. The number of nitrogens with zero attached hydrogens (tertiary/aromatic N) is 2. The van der Waals surface area contributed by atoms with Gasteiger partial charge < -0.3 is 8.98 Å². The second kappa shape index (κ2) is 12.7. The van der Waals surface area contributed by atoms with Crippen LogP contribution in [0.25, 0.3) is 128 Å². The minimum absolute atomic E-state index is 0.905. The van der Waals surface area contributed by atoms with E-state index in [4.69, 9.17) is 9.40 Å². The minimum atomic E-state index is 0.905. The van der Waals surface area contributed by atoms with Crippen molar-refractivity contribution in [2.24, 2.45) is 0 Å². The molecule has 0 spiro atoms. The molecule has 0 atom stereocenters. The molecule has 0 bridgehead atoms. The monoisotopic (exact) mass is 762 g/mol. The molecule has 0 saturated carbocycles. The first-order chi connectivity index (χ1) is 29.8. The van der Waals surface area contributed by atoms with Crippen molar-refractivity contribution in [1.29, 1.82) is 0 Å². The summed E-state index contributed by atoms with van der Waals surface area (Å²) in [4.78, 5) is 4.99. The molecule has 0 fully saturated rings. The zero-order valence-electron chi connectivity index (χ0n) is 32.4. The highest BCUT2D eigenvalue weighted by molar-refractivity contribution is 6.11. The van der Waals surface area contributed by atoms with E-state index in [0.717, 1.165) is 61.3 Å². The van der Waals surface area contributed by atoms with Gasteiger partial charge in [-0.05, 0) is 97.6 Å². The number of hydrogen-bond acceptors (Lipinski definition) is 2. The topological polar surface area (TPSA) is 31.0 Å². The Morgan fingerprint density at radius 1 is 0.350 bits per heavy atom. The molecule has 3 heterocycles. The van der Waals surface area contributed by atoms with E-state index in [9.17, 15) is 0 Å². The number of para-hydroxylation sites is 2. The third kappa shape index (κ3) is 4.75. The molecule has 13 rings (SSSR count). The van der Waals surface area contributed by atoms with Crippen LogP contribution in [0.4, 0.5) is 0 Å². The predicted molar refractivity (Wildman–Crippen MR) is 247 cm³/mol. The second-order valence-electron chi connectivity index (χ2n) is 15.8. The van der Waals surface area contributed by atoms with Crippen molar-refractivity contribution in [2.45, 2.75) is 0 Å². The maximum atomic E-state index is 6.55. The van der Waals surface area contributed by atoms with E-state index in [1.807, 2.05) is 12.3 Å². The van der Waals surface area contributed by atoms with Gasteiger partial charge in [0.05, 0.1) is 11.4 Å². The zero-order chi connectivity index (χ0) is 39.3. The van der Waals surface area contributed by atoms with Gasteiger partial charge in [0, 0.05) is 56.7 Å². The summed E-state index contributed by atoms with van der Waals surface area (Å²) >= 11 is 0. The Morgan fingerprint density at radius 3 is 1.63 bits per heavy atom. The van der Waals surface area contributed by atoms with E-state index in [-0.39, 0.29) is 0 Å². The first-order valence-corrected chi connectivity index (χ1v) is 20.5. The van der Waals surface area contributed by atoms with E-state index in [1.54, 1.807) is 0 Å². The van der Waals surface area contributed by atoms with Crippen LogP contribution >= 0.6 is 0 Å². The highest BCUT2D eigenvalue weighted by atomic mass is 16.3. The van der Waals surface area contributed by atoms with Crippen LogP contribution in [0.3, 0.4) is 0 Å². The first-order valence-electron chi connectivity index (χ1n) is 20.5. The van der Waals surface area contributed by atoms with Gasteiger partial charge in [-0.3, -0.25) is 4.98 Å². The molecule has 0 N–H and O–H groups in total. The fourth-order valence-electron chi connectivity index (χ4n) is 10.0. The molecule has 3 aromatic heterocycles. The SMILES string of the molecule is c1ccc2c(c1)-c1ccccc1-c1cc(-n3ccc4c3-c3ccccc3-c3ccccc3-c3ncccc3-4)ccc1-c1ccc(-c3cccc4c3oc3ccccc34)cc1-2. The van der Waals surface area contributed by atoms with Crippen LogP contribution < -0.4 is 0 Å². The van der Waals surface area contributed by atoms with Gasteiger partial charge in [0.25, 0.3) is 0 Å². The molecule has 3 heteroatoms. The lowest BCUT2D eigenvalue weighted by molar-refractivity contribution is 0.670. The number of rotatable bonds is 2. The third-order valence-corrected chi connectivity index (χ3v) is 12.7. The van der Waals surface area contributed by atoms with Crippen LogP contribution in [-0.2, 0) is 0 Å². The third-order valence-electron chi connectivity index (χ3n) is 12.7. The van der Waals surface area contributed by atoms with Gasteiger partial charge in [0.15, 0.2) is 0 Å². The zero-order valence-corrected chi connectivity index (χ0v) is 32.4. The van der Waals surface area contributed by atoms with E-state index in [0.29, 0.717) is 0 Å². The summed E-state index contributed by atoms with van der Waals surface area (Å²) < 4.78 is 8.94. The lowest BCUT2D eigenvalue weighted by Crippen LogP contribution is -2.03. The number of hydrogen-bond donors (Lipinski definition) is 0. The average molecular weight is 763 g/mol. The van der Waals surface area contributed by atoms with Gasteiger partial charge >= 0.3 is 0 Å². The standard InChI is InChI=1S/C57H34N2O/c1-3-17-42-38(13-1)39-14-2-4-18-43(39)53-34-36(27-29-45(53)44-28-26-35(33-52(42)44)37-22-11-23-51-46-19-9-10-25-54(46)60-57(37)51)59-32-30-50-48-24-12-31-58-55(48)47-20-7-5-15-40(47)41-16-6-8-21-49(41)56(50)59/h1-34H. The summed E-state index contributed by atoms with van der Waals surface area (Å²) in [6.45, 7) is 0. The average Bonchev–Trinajstić information content (AvgIpc) is 3.93. The summed E-state index contributed by atoms with van der Waals surface area (Å²) in [5, 5.41) is 2.27. The van der Waals surface area contributed by atoms with Gasteiger partial charge in [-0.25, -0.2) is 0 Å². The summed E-state index contributed by atoms with van der Waals surface area (Å²) in [7, 11) is 0. The van der Waals surface area contributed by atoms with Crippen LogP contribution in [0.1, 0.15) is 0 Å². The second-order valence-corrected chi connectivity index (χ2v) is 15.8. The fourth-order valence-corrected chi connectivity index (χ4v) is 10.0. The Kier molecular flexibility index (Phi) is 7.01. The molecule has 0 aliphatic heterocycles. The maximum absolute atomic E-state index is 6.55. The summed E-state index contributed by atoms with van der Waals surface area (Å²) in [6.07, 6.45) is 4.14. The van der Waals surface area contributed by atoms with Crippen molar-refractivity contribution in [3.63, 3.8) is 0 Å². The van der Waals surface area contributed by atoms with Gasteiger partial charge in [-0.2, -0.15) is 0 Å². The highest BCUT2D eigenvalue weighted by Crippen LogP contribution is 2.51. The van der Waals surface area contributed by atoms with Crippen molar-refractivity contribution in [1.82, 2.24) is 9.55 Å².